The van der Waals surface area contributed by atoms with E-state index in [2.05, 4.69) is 31.9 Å². The van der Waals surface area contributed by atoms with Crippen molar-refractivity contribution >= 4 is 76.9 Å². The van der Waals surface area contributed by atoms with Gasteiger partial charge in [0.1, 0.15) is 36.3 Å². The maximum absolute atomic E-state index is 13.9. The lowest BCUT2D eigenvalue weighted by Gasteiger charge is -2.31. The van der Waals surface area contributed by atoms with E-state index in [-0.39, 0.29) is 57.9 Å². The van der Waals surface area contributed by atoms with E-state index in [0.29, 0.717) is 57.2 Å². The van der Waals surface area contributed by atoms with Crippen LogP contribution >= 0.6 is 11.8 Å². The van der Waals surface area contributed by atoms with E-state index in [0.717, 1.165) is 6.42 Å². The van der Waals surface area contributed by atoms with Crippen molar-refractivity contribution in [2.75, 3.05) is 64.4 Å². The first-order valence-corrected chi connectivity index (χ1v) is 23.3. The van der Waals surface area contributed by atoms with Crippen LogP contribution in [0.4, 0.5) is 0 Å². The molecule has 0 aromatic rings. The van der Waals surface area contributed by atoms with Gasteiger partial charge in [0.15, 0.2) is 0 Å². The molecule has 0 radical (unpaired) electrons. The second-order valence-electron chi connectivity index (χ2n) is 16.6. The molecule has 5 aliphatic rings. The van der Waals surface area contributed by atoms with Crippen LogP contribution in [0.1, 0.15) is 77.0 Å². The van der Waals surface area contributed by atoms with Crippen molar-refractivity contribution in [3.63, 3.8) is 0 Å². The van der Waals surface area contributed by atoms with Crippen LogP contribution in [0.2, 0.25) is 0 Å². The van der Waals surface area contributed by atoms with Crippen LogP contribution in [0.25, 0.3) is 0 Å². The van der Waals surface area contributed by atoms with Gasteiger partial charge in [-0.3, -0.25) is 47.9 Å². The third-order valence-electron chi connectivity index (χ3n) is 12.3. The molecule has 5 rings (SSSR count). The Labute approximate surface area is 374 Å². The summed E-state index contributed by atoms with van der Waals surface area (Å²) in [5.74, 6) is -7.51. The Balaban J connectivity index is 1.10. The molecule has 5 fully saturated rings. The van der Waals surface area contributed by atoms with Crippen LogP contribution in [0.15, 0.2) is 0 Å². The smallest absolute Gasteiger partial charge is 0.326 e. The van der Waals surface area contributed by atoms with Crippen molar-refractivity contribution in [1.82, 2.24) is 51.5 Å². The van der Waals surface area contributed by atoms with Gasteiger partial charge in [0.2, 0.25) is 53.2 Å². The van der Waals surface area contributed by atoms with Crippen molar-refractivity contribution in [1.29, 1.82) is 0 Å². The summed E-state index contributed by atoms with van der Waals surface area (Å²) in [5, 5.41) is 34.6. The molecule has 0 aliphatic carbocycles. The first kappa shape index (κ1) is 49.5. The first-order valence-electron chi connectivity index (χ1n) is 21.9. The molecule has 0 spiro atoms. The topological polar surface area (TPSA) is 313 Å². The van der Waals surface area contributed by atoms with Crippen LogP contribution in [0.3, 0.4) is 0 Å². The maximum atomic E-state index is 13.9. The van der Waals surface area contributed by atoms with Crippen LogP contribution < -0.4 is 31.9 Å². The summed E-state index contributed by atoms with van der Waals surface area (Å²) in [5.41, 5.74) is 0. The van der Waals surface area contributed by atoms with Crippen LogP contribution in [0.5, 0.6) is 0 Å². The molecule has 7 atom stereocenters. The normalized spacial score (nSPS) is 23.9. The third-order valence-corrected chi connectivity index (χ3v) is 12.9. The average Bonchev–Trinajstić information content (AvgIpc) is 4.13. The predicted molar refractivity (Wildman–Crippen MR) is 226 cm³/mol. The Hall–Kier alpha value is -5.52. The summed E-state index contributed by atoms with van der Waals surface area (Å²) in [7, 11) is 0. The minimum atomic E-state index is -1.61. The average molecular weight is 921 g/mol. The molecule has 5 aliphatic heterocycles. The monoisotopic (exact) mass is 920 g/mol. The molecule has 354 valence electrons. The minimum Gasteiger partial charge on any atom is -0.481 e. The Kier molecular flexibility index (Phi) is 18.1. The molecule has 23 nitrogen and oxygen atoms in total. The summed E-state index contributed by atoms with van der Waals surface area (Å²) < 4.78 is 0. The lowest BCUT2D eigenvalue weighted by atomic mass is 10.1. The third kappa shape index (κ3) is 12.8. The highest BCUT2D eigenvalue weighted by Crippen LogP contribution is 2.26. The number of amides is 9. The zero-order chi connectivity index (χ0) is 46.5. The van der Waals surface area contributed by atoms with E-state index in [1.54, 1.807) is 0 Å². The lowest BCUT2D eigenvalue weighted by Crippen LogP contribution is -2.57. The number of carboxylic acid groups (broad SMARTS) is 2. The van der Waals surface area contributed by atoms with Crippen LogP contribution in [0, 0.1) is 0 Å². The van der Waals surface area contributed by atoms with E-state index >= 15 is 0 Å². The lowest BCUT2D eigenvalue weighted by molar-refractivity contribution is -0.147. The van der Waals surface area contributed by atoms with E-state index in [4.69, 9.17) is 0 Å². The summed E-state index contributed by atoms with van der Waals surface area (Å²) in [6.07, 6.45) is 5.71. The largest absolute Gasteiger partial charge is 0.481 e. The first-order chi connectivity index (χ1) is 30.6. The summed E-state index contributed by atoms with van der Waals surface area (Å²) >= 11 is 1.44. The molecule has 0 bridgehead atoms. The van der Waals surface area contributed by atoms with Gasteiger partial charge in [-0.15, -0.1) is 0 Å². The molecule has 0 aromatic carbocycles. The van der Waals surface area contributed by atoms with Gasteiger partial charge in [-0.2, -0.15) is 11.8 Å². The molecule has 5 heterocycles. The molecule has 0 saturated carbocycles. The Morgan fingerprint density at radius 2 is 1.05 bits per heavy atom. The standard InChI is InChI=1S/C40H60N10O13S/c1-64-18-12-24(40(62)63)45-37(59)27-9-3-14-47(27)31(52)22-44-36(58)26-8-5-17-50(26)39(61)29-11-6-16-49(29)32(53)21-43-35(57)25(19-33(54)55)46-38(60)28-10-4-15-48(28)30(51)20-42-34(56)23-7-2-13-41-23/h23-29,41H,2-22H2,1H3,(H,42,56)(H,43,57)(H,44,58)(H,45,59)(H,46,60)(H,54,55)(H,62,63)/t23-,24-,25-,26-,27-,28-,29-/m0/s1. The van der Waals surface area contributed by atoms with Crippen molar-refractivity contribution in [2.45, 2.75) is 119 Å². The highest BCUT2D eigenvalue weighted by molar-refractivity contribution is 7.98. The van der Waals surface area contributed by atoms with Gasteiger partial charge >= 0.3 is 11.9 Å². The van der Waals surface area contributed by atoms with E-state index in [1.165, 1.54) is 31.4 Å². The van der Waals surface area contributed by atoms with Gasteiger partial charge < -0.3 is 61.7 Å². The van der Waals surface area contributed by atoms with Crippen molar-refractivity contribution in [2.24, 2.45) is 0 Å². The van der Waals surface area contributed by atoms with Gasteiger partial charge in [-0.05, 0) is 89.2 Å². The van der Waals surface area contributed by atoms with Crippen molar-refractivity contribution < 1.29 is 63.0 Å². The van der Waals surface area contributed by atoms with E-state index < -0.39 is 121 Å². The fraction of sp³-hybridized carbons (Fsp3) is 0.725. The Morgan fingerprint density at radius 1 is 0.578 bits per heavy atom. The number of aliphatic carboxylic acids is 2. The van der Waals surface area contributed by atoms with E-state index in [9.17, 15) is 63.0 Å². The molecule has 5 saturated heterocycles. The molecule has 9 amide bonds. The second-order valence-corrected chi connectivity index (χ2v) is 17.6. The fourth-order valence-electron chi connectivity index (χ4n) is 8.97. The number of carbonyl (C=O) groups excluding carboxylic acids is 9. The number of carboxylic acids is 2. The summed E-state index contributed by atoms with van der Waals surface area (Å²) in [4.78, 5) is 148. The summed E-state index contributed by atoms with van der Waals surface area (Å²) in [6.45, 7) is 0.106. The zero-order valence-corrected chi connectivity index (χ0v) is 36.8. The number of rotatable bonds is 20. The molecule has 0 unspecified atom stereocenters. The van der Waals surface area contributed by atoms with Crippen LogP contribution in [-0.2, 0) is 52.7 Å². The number of nitrogens with zero attached hydrogens (tertiary/aromatic N) is 4. The fourth-order valence-corrected chi connectivity index (χ4v) is 9.44. The molecule has 24 heteroatoms. The molecular formula is C40H60N10O13S. The molecule has 8 N–H and O–H groups in total. The molecule has 64 heavy (non-hydrogen) atoms. The molecule has 0 aromatic heterocycles. The second kappa shape index (κ2) is 23.4. The number of nitrogens with one attached hydrogen (secondary N) is 6. The number of likely N-dealkylation sites (tertiary alicyclic amines) is 4. The highest BCUT2D eigenvalue weighted by Gasteiger charge is 2.43. The number of hydrogen-bond donors (Lipinski definition) is 8. The van der Waals surface area contributed by atoms with Gasteiger partial charge in [-0.1, -0.05) is 0 Å². The van der Waals surface area contributed by atoms with Gasteiger partial charge in [-0.25, -0.2) is 4.79 Å². The minimum absolute atomic E-state index is 0.165. The predicted octanol–water partition coefficient (Wildman–Crippen LogP) is -3.67. The van der Waals surface area contributed by atoms with Gasteiger partial charge in [0, 0.05) is 26.2 Å². The molecular weight excluding hydrogens is 861 g/mol. The SMILES string of the molecule is CSCC[C@H](NC(=O)[C@@H]1CCCN1C(=O)CNC(=O)[C@@H]1CCCN1C(=O)[C@@H]1CCCN1C(=O)CNC(=O)[C@H](CC(=O)O)NC(=O)[C@@H]1CCCN1C(=O)CNC(=O)[C@@H]1CCCN1)C(=O)O. The number of carbonyl (C=O) groups is 11. The quantitative estimate of drug-likeness (QED) is 0.0584. The Bertz CT molecular complexity index is 1810. The van der Waals surface area contributed by atoms with Crippen molar-refractivity contribution in [3.05, 3.63) is 0 Å². The number of hydrogen-bond acceptors (Lipinski definition) is 13. The van der Waals surface area contributed by atoms with Gasteiger partial charge in [0.25, 0.3) is 0 Å². The van der Waals surface area contributed by atoms with Gasteiger partial charge in [0.05, 0.1) is 32.1 Å². The maximum Gasteiger partial charge on any atom is 0.326 e. The number of thioether (sulfide) groups is 1. The summed E-state index contributed by atoms with van der Waals surface area (Å²) in [6, 6.07) is -6.93. The van der Waals surface area contributed by atoms with E-state index in [1.807, 2.05) is 6.26 Å². The zero-order valence-electron chi connectivity index (χ0n) is 36.0. The Morgan fingerprint density at radius 3 is 1.55 bits per heavy atom. The highest BCUT2D eigenvalue weighted by atomic mass is 32.2. The van der Waals surface area contributed by atoms with Crippen LogP contribution in [-0.4, -0.2) is 202 Å². The van der Waals surface area contributed by atoms with Crippen molar-refractivity contribution in [3.8, 4) is 0 Å².